The van der Waals surface area contributed by atoms with Crippen molar-refractivity contribution in [3.63, 3.8) is 0 Å². The van der Waals surface area contributed by atoms with Crippen LogP contribution < -0.4 is 0 Å². The van der Waals surface area contributed by atoms with Crippen LogP contribution in [0.25, 0.3) is 0 Å². The predicted octanol–water partition coefficient (Wildman–Crippen LogP) is 2.77. The van der Waals surface area contributed by atoms with Crippen molar-refractivity contribution in [1.82, 2.24) is 4.90 Å². The molecule has 1 aliphatic carbocycles. The normalized spacial score (nSPS) is 22.8. The minimum Gasteiger partial charge on any atom is -0.376 e. The van der Waals surface area contributed by atoms with E-state index in [1.165, 1.54) is 36.1 Å². The maximum Gasteiger partial charge on any atom is 0.265 e. The van der Waals surface area contributed by atoms with Gasteiger partial charge in [0, 0.05) is 11.4 Å². The first-order valence-electron chi connectivity index (χ1n) is 7.69. The van der Waals surface area contributed by atoms with Gasteiger partial charge in [-0.2, -0.15) is 5.26 Å². The zero-order valence-electron chi connectivity index (χ0n) is 12.1. The molecule has 0 saturated carbocycles. The molecule has 112 valence electrons. The van der Waals surface area contributed by atoms with Crippen molar-refractivity contribution < 1.29 is 9.53 Å². The lowest BCUT2D eigenvalue weighted by Gasteiger charge is -2.30. The van der Waals surface area contributed by atoms with Crippen molar-refractivity contribution in [2.45, 2.75) is 44.6 Å². The van der Waals surface area contributed by atoms with Gasteiger partial charge < -0.3 is 9.64 Å². The van der Waals surface area contributed by atoms with Gasteiger partial charge >= 0.3 is 0 Å². The number of nitriles is 1. The van der Waals surface area contributed by atoms with Crippen molar-refractivity contribution in [3.05, 3.63) is 21.4 Å². The molecule has 1 unspecified atom stereocenters. The molecule has 1 amide bonds. The number of amides is 1. The first kappa shape index (κ1) is 14.6. The molecule has 0 N–H and O–H groups in total. The van der Waals surface area contributed by atoms with Crippen LogP contribution >= 0.6 is 11.3 Å². The molecule has 0 aromatic carbocycles. The van der Waals surface area contributed by atoms with Crippen molar-refractivity contribution in [2.24, 2.45) is 0 Å². The molecule has 1 aromatic heterocycles. The fraction of sp³-hybridized carbons (Fsp3) is 0.625. The van der Waals surface area contributed by atoms with E-state index < -0.39 is 6.04 Å². The summed E-state index contributed by atoms with van der Waals surface area (Å²) in [6.45, 7) is 1.36. The second-order valence-corrected chi connectivity index (χ2v) is 6.83. The van der Waals surface area contributed by atoms with Gasteiger partial charge in [-0.1, -0.05) is 12.8 Å². The number of morpholine rings is 1. The zero-order chi connectivity index (χ0) is 14.7. The Kier molecular flexibility index (Phi) is 4.57. The Balaban J connectivity index is 1.81. The number of hydrogen-bond donors (Lipinski definition) is 0. The van der Waals surface area contributed by atoms with Gasteiger partial charge in [-0.15, -0.1) is 11.3 Å². The van der Waals surface area contributed by atoms with Gasteiger partial charge in [-0.3, -0.25) is 4.79 Å². The maximum atomic E-state index is 12.7. The van der Waals surface area contributed by atoms with Crippen LogP contribution in [0.3, 0.4) is 0 Å². The molecule has 0 bridgehead atoms. The first-order valence-corrected chi connectivity index (χ1v) is 8.51. The number of rotatable bonds is 1. The molecule has 21 heavy (non-hydrogen) atoms. The number of thiophene rings is 1. The summed E-state index contributed by atoms with van der Waals surface area (Å²) in [6.07, 6.45) is 7.20. The lowest BCUT2D eigenvalue weighted by atomic mass is 9.99. The van der Waals surface area contributed by atoms with Crippen molar-refractivity contribution in [3.8, 4) is 6.07 Å². The number of hydrogen-bond acceptors (Lipinski definition) is 4. The molecule has 5 heteroatoms. The molecule has 3 rings (SSSR count). The van der Waals surface area contributed by atoms with E-state index in [9.17, 15) is 10.1 Å². The van der Waals surface area contributed by atoms with Crippen LogP contribution in [0.5, 0.6) is 0 Å². The fourth-order valence-electron chi connectivity index (χ4n) is 3.04. The lowest BCUT2D eigenvalue weighted by Crippen LogP contribution is -2.47. The van der Waals surface area contributed by atoms with Crippen molar-refractivity contribution in [2.75, 3.05) is 19.8 Å². The number of nitrogens with zero attached hydrogens (tertiary/aromatic N) is 2. The predicted molar refractivity (Wildman–Crippen MR) is 81.5 cm³/mol. The highest BCUT2D eigenvalue weighted by Gasteiger charge is 2.29. The SMILES string of the molecule is N#CC1COCCN1C(=O)c1cc2c(s1)CCCCCC2. The average molecular weight is 304 g/mol. The lowest BCUT2D eigenvalue weighted by molar-refractivity contribution is 0.0135. The van der Waals surface area contributed by atoms with E-state index in [0.29, 0.717) is 19.8 Å². The van der Waals surface area contributed by atoms with Gasteiger partial charge in [0.25, 0.3) is 5.91 Å². The van der Waals surface area contributed by atoms with Crippen LogP contribution in [-0.4, -0.2) is 36.6 Å². The highest BCUT2D eigenvalue weighted by atomic mass is 32.1. The van der Waals surface area contributed by atoms with Gasteiger partial charge in [-0.25, -0.2) is 0 Å². The second kappa shape index (κ2) is 6.59. The largest absolute Gasteiger partial charge is 0.376 e. The average Bonchev–Trinajstić information content (AvgIpc) is 2.88. The second-order valence-electron chi connectivity index (χ2n) is 5.69. The molecule has 0 spiro atoms. The third-order valence-corrected chi connectivity index (χ3v) is 5.47. The number of aryl methyl sites for hydroxylation is 2. The molecule has 1 atom stereocenters. The zero-order valence-corrected chi connectivity index (χ0v) is 13.0. The molecule has 1 fully saturated rings. The number of carbonyl (C=O) groups is 1. The van der Waals surface area contributed by atoms with E-state index in [2.05, 4.69) is 12.1 Å². The summed E-state index contributed by atoms with van der Waals surface area (Å²) >= 11 is 1.63. The standard InChI is InChI=1S/C16H20N2O2S/c17-10-13-11-20-8-7-18(13)16(19)15-9-12-5-3-1-2-4-6-14(12)21-15/h9,13H,1-8,11H2. The quantitative estimate of drug-likeness (QED) is 0.801. The van der Waals surface area contributed by atoms with Gasteiger partial charge in [0.05, 0.1) is 24.2 Å². The summed E-state index contributed by atoms with van der Waals surface area (Å²) in [5.74, 6) is 0.00148. The minimum absolute atomic E-state index is 0.00148. The van der Waals surface area contributed by atoms with Gasteiger partial charge in [-0.05, 0) is 37.3 Å². The van der Waals surface area contributed by atoms with E-state index in [0.717, 1.165) is 17.7 Å². The van der Waals surface area contributed by atoms with Crippen LogP contribution in [0.1, 0.15) is 45.8 Å². The van der Waals surface area contributed by atoms with Crippen LogP contribution in [0, 0.1) is 11.3 Å². The Morgan fingerprint density at radius 3 is 2.95 bits per heavy atom. The van der Waals surface area contributed by atoms with Crippen LogP contribution in [0.4, 0.5) is 0 Å². The molecule has 4 nitrogen and oxygen atoms in total. The number of ether oxygens (including phenoxy) is 1. The smallest absolute Gasteiger partial charge is 0.265 e. The molecule has 1 aromatic rings. The molecule has 2 heterocycles. The summed E-state index contributed by atoms with van der Waals surface area (Å²) in [5, 5.41) is 9.17. The van der Waals surface area contributed by atoms with Gasteiger partial charge in [0.15, 0.2) is 0 Å². The Morgan fingerprint density at radius 1 is 1.33 bits per heavy atom. The summed E-state index contributed by atoms with van der Waals surface area (Å²) in [7, 11) is 0. The van der Waals surface area contributed by atoms with E-state index in [1.807, 2.05) is 0 Å². The third-order valence-electron chi connectivity index (χ3n) is 4.25. The van der Waals surface area contributed by atoms with Gasteiger partial charge in [0.1, 0.15) is 6.04 Å². The molecule has 2 aliphatic rings. The number of carbonyl (C=O) groups excluding carboxylic acids is 1. The molecular weight excluding hydrogens is 284 g/mol. The van der Waals surface area contributed by atoms with Gasteiger partial charge in [0.2, 0.25) is 0 Å². The fourth-order valence-corrected chi connectivity index (χ4v) is 4.25. The van der Waals surface area contributed by atoms with Crippen LogP contribution in [0.2, 0.25) is 0 Å². The Hall–Kier alpha value is -1.38. The summed E-state index contributed by atoms with van der Waals surface area (Å²) < 4.78 is 5.29. The Morgan fingerprint density at radius 2 is 2.14 bits per heavy atom. The Labute approximate surface area is 129 Å². The number of fused-ring (bicyclic) bond motifs is 1. The molecule has 1 saturated heterocycles. The highest BCUT2D eigenvalue weighted by molar-refractivity contribution is 7.14. The summed E-state index contributed by atoms with van der Waals surface area (Å²) in [6, 6.07) is 3.79. The molecule has 1 aliphatic heterocycles. The summed E-state index contributed by atoms with van der Waals surface area (Å²) in [4.78, 5) is 16.5. The van der Waals surface area contributed by atoms with E-state index in [1.54, 1.807) is 16.2 Å². The van der Waals surface area contributed by atoms with Crippen LogP contribution in [0.15, 0.2) is 6.07 Å². The maximum absolute atomic E-state index is 12.7. The molecular formula is C16H20N2O2S. The van der Waals surface area contributed by atoms with E-state index >= 15 is 0 Å². The Bertz CT molecular complexity index is 536. The highest BCUT2D eigenvalue weighted by Crippen LogP contribution is 2.29. The first-order chi connectivity index (χ1) is 10.3. The minimum atomic E-state index is -0.448. The van der Waals surface area contributed by atoms with E-state index in [-0.39, 0.29) is 5.91 Å². The van der Waals surface area contributed by atoms with Crippen LogP contribution in [-0.2, 0) is 17.6 Å². The van der Waals surface area contributed by atoms with Crippen molar-refractivity contribution >= 4 is 17.2 Å². The van der Waals surface area contributed by atoms with Crippen molar-refractivity contribution in [1.29, 1.82) is 5.26 Å². The third kappa shape index (κ3) is 3.12. The molecule has 0 radical (unpaired) electrons. The monoisotopic (exact) mass is 304 g/mol. The summed E-state index contributed by atoms with van der Waals surface area (Å²) in [5.41, 5.74) is 1.35. The topological polar surface area (TPSA) is 53.3 Å². The van der Waals surface area contributed by atoms with E-state index in [4.69, 9.17) is 4.74 Å².